The van der Waals surface area contributed by atoms with Gasteiger partial charge in [-0.15, -0.1) is 0 Å². The summed E-state index contributed by atoms with van der Waals surface area (Å²) < 4.78 is 0. The molecule has 0 N–H and O–H groups in total. The molecule has 98 valence electrons. The molecule has 3 heteroatoms. The molecule has 0 bridgehead atoms. The van der Waals surface area contributed by atoms with Gasteiger partial charge in [0.1, 0.15) is 0 Å². The van der Waals surface area contributed by atoms with E-state index in [9.17, 15) is 4.79 Å². The van der Waals surface area contributed by atoms with Crippen molar-refractivity contribution in [3.8, 4) is 0 Å². The van der Waals surface area contributed by atoms with Crippen molar-refractivity contribution in [3.05, 3.63) is 70.7 Å². The molecule has 0 fully saturated rings. The maximum absolute atomic E-state index is 11.7. The number of carbonyl (C=O) groups is 1. The van der Waals surface area contributed by atoms with E-state index in [1.54, 1.807) is 18.9 Å². The minimum Gasteiger partial charge on any atom is -0.335 e. The van der Waals surface area contributed by atoms with Gasteiger partial charge in [0, 0.05) is 19.0 Å². The Balaban J connectivity index is 2.53. The van der Waals surface area contributed by atoms with Gasteiger partial charge in [-0.3, -0.25) is 4.79 Å². The van der Waals surface area contributed by atoms with E-state index >= 15 is 0 Å². The highest BCUT2D eigenvalue weighted by Gasteiger charge is 2.22. The van der Waals surface area contributed by atoms with Crippen molar-refractivity contribution in [2.75, 3.05) is 7.05 Å². The van der Waals surface area contributed by atoms with Crippen molar-refractivity contribution in [2.24, 2.45) is 0 Å². The molecule has 2 aromatic carbocycles. The fourth-order valence-electron chi connectivity index (χ4n) is 2.13. The minimum absolute atomic E-state index is 0.00812. The molecule has 2 rings (SSSR count). The Hall–Kier alpha value is -1.80. The standard InChI is InChI=1S/C16H16ClNO/c1-12(19)18(2)16(13-8-4-3-5-9-13)14-10-6-7-11-15(14)17/h3-11,16H,1-2H3. The lowest BCUT2D eigenvalue weighted by atomic mass is 9.97. The summed E-state index contributed by atoms with van der Waals surface area (Å²) >= 11 is 6.28. The van der Waals surface area contributed by atoms with Gasteiger partial charge in [-0.05, 0) is 17.2 Å². The van der Waals surface area contributed by atoms with Gasteiger partial charge in [0.25, 0.3) is 0 Å². The molecule has 2 nitrogen and oxygen atoms in total. The highest BCUT2D eigenvalue weighted by molar-refractivity contribution is 6.31. The van der Waals surface area contributed by atoms with Crippen LogP contribution < -0.4 is 0 Å². The third kappa shape index (κ3) is 2.96. The van der Waals surface area contributed by atoms with Crippen LogP contribution in [0.4, 0.5) is 0 Å². The van der Waals surface area contributed by atoms with E-state index in [1.165, 1.54) is 0 Å². The quantitative estimate of drug-likeness (QED) is 0.830. The summed E-state index contributed by atoms with van der Waals surface area (Å²) in [4.78, 5) is 13.4. The SMILES string of the molecule is CC(=O)N(C)C(c1ccccc1)c1ccccc1Cl. The maximum atomic E-state index is 11.7. The topological polar surface area (TPSA) is 20.3 Å². The smallest absolute Gasteiger partial charge is 0.219 e. The zero-order valence-corrected chi connectivity index (χ0v) is 11.8. The fourth-order valence-corrected chi connectivity index (χ4v) is 2.36. The highest BCUT2D eigenvalue weighted by Crippen LogP contribution is 2.32. The number of halogens is 1. The average Bonchev–Trinajstić information content (AvgIpc) is 2.42. The van der Waals surface area contributed by atoms with E-state index < -0.39 is 0 Å². The monoisotopic (exact) mass is 273 g/mol. The molecule has 1 atom stereocenters. The molecule has 1 unspecified atom stereocenters. The third-order valence-electron chi connectivity index (χ3n) is 3.20. The lowest BCUT2D eigenvalue weighted by molar-refractivity contribution is -0.129. The molecule has 0 spiro atoms. The van der Waals surface area contributed by atoms with Crippen molar-refractivity contribution < 1.29 is 4.79 Å². The summed E-state index contributed by atoms with van der Waals surface area (Å²) in [5.74, 6) is 0.00812. The number of amides is 1. The largest absolute Gasteiger partial charge is 0.335 e. The van der Waals surface area contributed by atoms with Crippen molar-refractivity contribution in [2.45, 2.75) is 13.0 Å². The van der Waals surface area contributed by atoms with E-state index in [1.807, 2.05) is 54.6 Å². The van der Waals surface area contributed by atoms with E-state index in [-0.39, 0.29) is 11.9 Å². The number of carbonyl (C=O) groups excluding carboxylic acids is 1. The summed E-state index contributed by atoms with van der Waals surface area (Å²) in [7, 11) is 1.79. The van der Waals surface area contributed by atoms with Gasteiger partial charge in [-0.1, -0.05) is 60.1 Å². The van der Waals surface area contributed by atoms with Crippen LogP contribution in [0.5, 0.6) is 0 Å². The predicted molar refractivity (Wildman–Crippen MR) is 78.2 cm³/mol. The van der Waals surface area contributed by atoms with Crippen LogP contribution in [0.2, 0.25) is 5.02 Å². The highest BCUT2D eigenvalue weighted by atomic mass is 35.5. The van der Waals surface area contributed by atoms with Crippen molar-refractivity contribution in [3.63, 3.8) is 0 Å². The van der Waals surface area contributed by atoms with Gasteiger partial charge < -0.3 is 4.90 Å². The molecule has 0 saturated heterocycles. The van der Waals surface area contributed by atoms with Crippen LogP contribution in [0.15, 0.2) is 54.6 Å². The lowest BCUT2D eigenvalue weighted by Gasteiger charge is -2.28. The Kier molecular flexibility index (Phi) is 4.23. The van der Waals surface area contributed by atoms with Gasteiger partial charge in [-0.25, -0.2) is 0 Å². The van der Waals surface area contributed by atoms with Crippen LogP contribution in [0.1, 0.15) is 24.1 Å². The van der Waals surface area contributed by atoms with Gasteiger partial charge in [0.15, 0.2) is 0 Å². The number of hydrogen-bond donors (Lipinski definition) is 0. The normalized spacial score (nSPS) is 11.9. The zero-order valence-electron chi connectivity index (χ0n) is 11.0. The Bertz CT molecular complexity index is 568. The molecule has 0 aliphatic rings. The molecule has 0 aliphatic heterocycles. The van der Waals surface area contributed by atoms with Gasteiger partial charge in [0.2, 0.25) is 5.91 Å². The molecule has 0 saturated carbocycles. The number of nitrogens with zero attached hydrogens (tertiary/aromatic N) is 1. The molecular weight excluding hydrogens is 258 g/mol. The molecule has 19 heavy (non-hydrogen) atoms. The van der Waals surface area contributed by atoms with Crippen LogP contribution >= 0.6 is 11.6 Å². The van der Waals surface area contributed by atoms with Gasteiger partial charge in [0.05, 0.1) is 6.04 Å². The zero-order chi connectivity index (χ0) is 13.8. The second kappa shape index (κ2) is 5.89. The second-order valence-electron chi connectivity index (χ2n) is 4.46. The molecule has 0 heterocycles. The van der Waals surface area contributed by atoms with Crippen LogP contribution in [-0.4, -0.2) is 17.9 Å². The molecule has 0 aromatic heterocycles. The summed E-state index contributed by atoms with van der Waals surface area (Å²) in [6, 6.07) is 17.4. The first-order chi connectivity index (χ1) is 9.11. The molecule has 0 aliphatic carbocycles. The van der Waals surface area contributed by atoms with Crippen LogP contribution in [0.3, 0.4) is 0 Å². The lowest BCUT2D eigenvalue weighted by Crippen LogP contribution is -2.30. The molecular formula is C16H16ClNO. The van der Waals surface area contributed by atoms with Crippen molar-refractivity contribution >= 4 is 17.5 Å². The Morgan fingerprint density at radius 1 is 1.05 bits per heavy atom. The van der Waals surface area contributed by atoms with Crippen molar-refractivity contribution in [1.29, 1.82) is 0 Å². The first kappa shape index (κ1) is 13.6. The minimum atomic E-state index is -0.160. The number of rotatable bonds is 3. The Morgan fingerprint density at radius 3 is 2.21 bits per heavy atom. The van der Waals surface area contributed by atoms with Crippen molar-refractivity contribution in [1.82, 2.24) is 4.90 Å². The average molecular weight is 274 g/mol. The number of hydrogen-bond acceptors (Lipinski definition) is 1. The van der Waals surface area contributed by atoms with E-state index in [0.29, 0.717) is 5.02 Å². The molecule has 2 aromatic rings. The summed E-state index contributed by atoms with van der Waals surface area (Å²) in [5, 5.41) is 0.671. The Labute approximate surface area is 118 Å². The third-order valence-corrected chi connectivity index (χ3v) is 3.54. The van der Waals surface area contributed by atoms with E-state index in [0.717, 1.165) is 11.1 Å². The predicted octanol–water partition coefficient (Wildman–Crippen LogP) is 3.91. The van der Waals surface area contributed by atoms with Crippen LogP contribution in [0.25, 0.3) is 0 Å². The summed E-state index contributed by atoms with van der Waals surface area (Å²) in [5.41, 5.74) is 1.99. The first-order valence-electron chi connectivity index (χ1n) is 6.14. The van der Waals surface area contributed by atoms with E-state index in [2.05, 4.69) is 0 Å². The molecule has 1 amide bonds. The van der Waals surface area contributed by atoms with Gasteiger partial charge >= 0.3 is 0 Å². The number of benzene rings is 2. The summed E-state index contributed by atoms with van der Waals surface area (Å²) in [6.07, 6.45) is 0. The molecule has 0 radical (unpaired) electrons. The van der Waals surface area contributed by atoms with E-state index in [4.69, 9.17) is 11.6 Å². The summed E-state index contributed by atoms with van der Waals surface area (Å²) in [6.45, 7) is 1.56. The maximum Gasteiger partial charge on any atom is 0.219 e. The van der Waals surface area contributed by atoms with Crippen LogP contribution in [0, 0.1) is 0 Å². The second-order valence-corrected chi connectivity index (χ2v) is 4.87. The Morgan fingerprint density at radius 2 is 1.63 bits per heavy atom. The first-order valence-corrected chi connectivity index (χ1v) is 6.52. The van der Waals surface area contributed by atoms with Gasteiger partial charge in [-0.2, -0.15) is 0 Å². The van der Waals surface area contributed by atoms with Crippen LogP contribution in [-0.2, 0) is 4.79 Å². The fraction of sp³-hybridized carbons (Fsp3) is 0.188.